The predicted octanol–water partition coefficient (Wildman–Crippen LogP) is 4.31. The lowest BCUT2D eigenvalue weighted by Crippen LogP contribution is -2.48. The van der Waals surface area contributed by atoms with Crippen LogP contribution in [0.3, 0.4) is 0 Å². The van der Waals surface area contributed by atoms with E-state index in [1.165, 1.54) is 0 Å². The smallest absolute Gasteiger partial charge is 0.266 e. The number of pyridine rings is 1. The molecule has 0 unspecified atom stereocenters. The lowest BCUT2D eigenvalue weighted by Gasteiger charge is -2.33. The number of aryl methyl sites for hydroxylation is 1. The van der Waals surface area contributed by atoms with Gasteiger partial charge in [0.05, 0.1) is 25.0 Å². The van der Waals surface area contributed by atoms with E-state index in [1.54, 1.807) is 13.3 Å². The van der Waals surface area contributed by atoms with E-state index in [0.29, 0.717) is 12.3 Å². The van der Waals surface area contributed by atoms with Crippen LogP contribution in [0.1, 0.15) is 44.0 Å². The maximum atomic E-state index is 13.5. The van der Waals surface area contributed by atoms with Gasteiger partial charge >= 0.3 is 0 Å². The summed E-state index contributed by atoms with van der Waals surface area (Å²) in [6.07, 6.45) is 7.27. The first-order valence-electron chi connectivity index (χ1n) is 10.5. The third-order valence-corrected chi connectivity index (χ3v) is 5.77. The van der Waals surface area contributed by atoms with Crippen LogP contribution in [0.4, 0.5) is 0 Å². The van der Waals surface area contributed by atoms with Gasteiger partial charge in [-0.25, -0.2) is 0 Å². The van der Waals surface area contributed by atoms with Crippen LogP contribution < -0.4 is 9.47 Å². The Labute approximate surface area is 182 Å². The van der Waals surface area contributed by atoms with Gasteiger partial charge < -0.3 is 14.4 Å². The molecule has 1 aliphatic rings. The van der Waals surface area contributed by atoms with Crippen LogP contribution in [0.15, 0.2) is 48.9 Å². The number of carbonyl (C=O) groups is 1. The molecule has 1 aromatic carbocycles. The Morgan fingerprint density at radius 3 is 2.58 bits per heavy atom. The van der Waals surface area contributed by atoms with Crippen molar-refractivity contribution in [3.05, 3.63) is 60.2 Å². The number of ether oxygens (including phenoxy) is 2. The molecule has 3 heterocycles. The second-order valence-corrected chi connectivity index (χ2v) is 8.33. The van der Waals surface area contributed by atoms with Crippen molar-refractivity contribution in [3.63, 3.8) is 0 Å². The number of hydrogen-bond acceptors (Lipinski definition) is 5. The first-order chi connectivity index (χ1) is 14.9. The molecular weight excluding hydrogens is 392 g/mol. The fourth-order valence-corrected chi connectivity index (χ4v) is 4.18. The highest BCUT2D eigenvalue weighted by molar-refractivity contribution is 5.86. The van der Waals surface area contributed by atoms with Gasteiger partial charge in [0.15, 0.2) is 5.60 Å². The summed E-state index contributed by atoms with van der Waals surface area (Å²) in [5.41, 5.74) is 3.11. The van der Waals surface area contributed by atoms with Gasteiger partial charge in [0.25, 0.3) is 5.91 Å². The number of likely N-dealkylation sites (tertiary alicyclic amines) is 1. The topological polar surface area (TPSA) is 80.3 Å². The first-order valence-corrected chi connectivity index (χ1v) is 10.5. The Hall–Kier alpha value is -3.35. The van der Waals surface area contributed by atoms with Crippen molar-refractivity contribution in [3.8, 4) is 22.6 Å². The highest BCUT2D eigenvalue weighted by Crippen LogP contribution is 2.38. The Morgan fingerprint density at radius 1 is 1.13 bits per heavy atom. The number of aromatic nitrogens is 3. The first kappa shape index (κ1) is 20.9. The molecule has 0 aliphatic carbocycles. The zero-order valence-corrected chi connectivity index (χ0v) is 18.4. The predicted molar refractivity (Wildman–Crippen MR) is 118 cm³/mol. The molecule has 1 saturated heterocycles. The number of aromatic amines is 1. The number of nitrogens with zero attached hydrogens (tertiary/aromatic N) is 3. The molecule has 0 saturated carbocycles. The van der Waals surface area contributed by atoms with Crippen molar-refractivity contribution in [2.45, 2.75) is 45.3 Å². The summed E-state index contributed by atoms with van der Waals surface area (Å²) < 4.78 is 11.3. The van der Waals surface area contributed by atoms with Gasteiger partial charge in [0.2, 0.25) is 0 Å². The molecule has 162 valence electrons. The zero-order chi connectivity index (χ0) is 22.0. The molecule has 1 N–H and O–H groups in total. The molecule has 3 aromatic rings. The van der Waals surface area contributed by atoms with Gasteiger partial charge in [-0.15, -0.1) is 0 Å². The quantitative estimate of drug-likeness (QED) is 0.643. The minimum absolute atomic E-state index is 0.0437. The van der Waals surface area contributed by atoms with Crippen molar-refractivity contribution >= 4 is 5.91 Å². The summed E-state index contributed by atoms with van der Waals surface area (Å²) in [7, 11) is 1.62. The van der Waals surface area contributed by atoms with Crippen LogP contribution in [-0.4, -0.2) is 45.2 Å². The highest BCUT2D eigenvalue weighted by atomic mass is 16.5. The van der Waals surface area contributed by atoms with E-state index in [9.17, 15) is 4.79 Å². The molecule has 7 heteroatoms. The van der Waals surface area contributed by atoms with Crippen molar-refractivity contribution in [2.75, 3.05) is 13.7 Å². The van der Waals surface area contributed by atoms with E-state index in [2.05, 4.69) is 15.2 Å². The third kappa shape index (κ3) is 4.13. The van der Waals surface area contributed by atoms with Crippen molar-refractivity contribution in [1.29, 1.82) is 0 Å². The van der Waals surface area contributed by atoms with Crippen molar-refractivity contribution < 1.29 is 14.3 Å². The summed E-state index contributed by atoms with van der Waals surface area (Å²) in [4.78, 5) is 19.6. The number of methoxy groups -OCH3 is 1. The molecule has 31 heavy (non-hydrogen) atoms. The highest BCUT2D eigenvalue weighted by Gasteiger charge is 2.41. The van der Waals surface area contributed by atoms with E-state index in [1.807, 2.05) is 68.4 Å². The number of hydrogen-bond donors (Lipinski definition) is 1. The molecule has 0 radical (unpaired) electrons. The molecule has 1 fully saturated rings. The molecule has 4 rings (SSSR count). The number of amides is 1. The van der Waals surface area contributed by atoms with Gasteiger partial charge in [-0.3, -0.25) is 14.9 Å². The second-order valence-electron chi connectivity index (χ2n) is 8.33. The fourth-order valence-electron chi connectivity index (χ4n) is 4.18. The number of nitrogens with one attached hydrogen (secondary N) is 1. The Morgan fingerprint density at radius 2 is 1.87 bits per heavy atom. The van der Waals surface area contributed by atoms with Crippen LogP contribution in [0.25, 0.3) is 11.1 Å². The normalized spacial score (nSPS) is 16.4. The molecule has 1 atom stereocenters. The average molecular weight is 421 g/mol. The summed E-state index contributed by atoms with van der Waals surface area (Å²) >= 11 is 0. The Bertz CT molecular complexity index is 1060. The molecule has 1 aliphatic heterocycles. The number of benzene rings is 1. The monoisotopic (exact) mass is 420 g/mol. The minimum atomic E-state index is -1.01. The van der Waals surface area contributed by atoms with E-state index >= 15 is 0 Å². The van der Waals surface area contributed by atoms with Crippen LogP contribution in [0, 0.1) is 6.92 Å². The van der Waals surface area contributed by atoms with Crippen molar-refractivity contribution in [2.24, 2.45) is 0 Å². The number of rotatable bonds is 6. The van der Waals surface area contributed by atoms with Crippen LogP contribution in [-0.2, 0) is 4.79 Å². The van der Waals surface area contributed by atoms with Gasteiger partial charge in [0.1, 0.15) is 11.5 Å². The van der Waals surface area contributed by atoms with Crippen molar-refractivity contribution in [1.82, 2.24) is 20.1 Å². The summed E-state index contributed by atoms with van der Waals surface area (Å²) in [5.74, 6) is 1.33. The summed E-state index contributed by atoms with van der Waals surface area (Å²) in [6.45, 7) is 6.35. The minimum Gasteiger partial charge on any atom is -0.497 e. The van der Waals surface area contributed by atoms with Gasteiger partial charge in [-0.2, -0.15) is 5.10 Å². The number of H-pyrrole nitrogens is 1. The molecule has 7 nitrogen and oxygen atoms in total. The molecular formula is C24H28N4O3. The van der Waals surface area contributed by atoms with Gasteiger partial charge in [-0.1, -0.05) is 0 Å². The lowest BCUT2D eigenvalue weighted by atomic mass is 9.98. The second kappa shape index (κ2) is 8.41. The summed E-state index contributed by atoms with van der Waals surface area (Å²) in [6, 6.07) is 9.19. The lowest BCUT2D eigenvalue weighted by molar-refractivity contribution is -0.146. The Kier molecular flexibility index (Phi) is 5.67. The van der Waals surface area contributed by atoms with Gasteiger partial charge in [0, 0.05) is 24.5 Å². The molecule has 2 aromatic heterocycles. The molecule has 1 amide bonds. The zero-order valence-electron chi connectivity index (χ0n) is 18.4. The molecule has 0 spiro atoms. The van der Waals surface area contributed by atoms with E-state index in [4.69, 9.17) is 9.47 Å². The maximum Gasteiger partial charge on any atom is 0.266 e. The SMILES string of the molecule is COc1ccc(OC(C)(C)C(=O)N2CCC[C@H]2c2[nH]ncc2-c2ccncc2C)cc1. The number of carbonyl (C=O) groups excluding carboxylic acids is 1. The van der Waals surface area contributed by atoms with Crippen LogP contribution in [0.2, 0.25) is 0 Å². The maximum absolute atomic E-state index is 13.5. The van der Waals surface area contributed by atoms with Crippen LogP contribution >= 0.6 is 0 Å². The van der Waals surface area contributed by atoms with Crippen LogP contribution in [0.5, 0.6) is 11.5 Å². The van der Waals surface area contributed by atoms with E-state index in [-0.39, 0.29) is 11.9 Å². The molecule has 0 bridgehead atoms. The van der Waals surface area contributed by atoms with Gasteiger partial charge in [-0.05, 0) is 75.1 Å². The Balaban J connectivity index is 1.58. The third-order valence-electron chi connectivity index (χ3n) is 5.77. The summed E-state index contributed by atoms with van der Waals surface area (Å²) in [5, 5.41) is 7.45. The largest absolute Gasteiger partial charge is 0.497 e. The van der Waals surface area contributed by atoms with E-state index < -0.39 is 5.60 Å². The standard InChI is InChI=1S/C24H28N4O3/c1-16-14-25-12-11-19(16)20-15-26-27-22(20)21-6-5-13-28(21)23(29)24(2,3)31-18-9-7-17(30-4)8-10-18/h7-12,14-15,21H,5-6,13H2,1-4H3,(H,26,27)/t21-/m0/s1. The average Bonchev–Trinajstić information content (AvgIpc) is 3.43. The van der Waals surface area contributed by atoms with E-state index in [0.717, 1.165) is 41.0 Å². The fraction of sp³-hybridized carbons (Fsp3) is 0.375.